The molecule has 0 aromatic carbocycles. The number of carbonyl (C=O) groups is 1. The fourth-order valence-corrected chi connectivity index (χ4v) is 5.37. The number of likely N-dealkylation sites (tertiary alicyclic amines) is 1. The van der Waals surface area contributed by atoms with E-state index in [0.29, 0.717) is 19.1 Å². The van der Waals surface area contributed by atoms with Gasteiger partial charge in [-0.2, -0.15) is 0 Å². The van der Waals surface area contributed by atoms with Crippen molar-refractivity contribution in [3.8, 4) is 11.1 Å². The molecule has 4 heterocycles. The number of hydrogen-bond donors (Lipinski definition) is 0. The lowest BCUT2D eigenvalue weighted by molar-refractivity contribution is -0.137. The van der Waals surface area contributed by atoms with Crippen molar-refractivity contribution in [2.75, 3.05) is 44.3 Å². The van der Waals surface area contributed by atoms with Crippen LogP contribution < -0.4 is 4.90 Å². The number of hydrogen-bond acceptors (Lipinski definition) is 6. The molecule has 5 rings (SSSR count). The lowest BCUT2D eigenvalue weighted by Gasteiger charge is -2.36. The van der Waals surface area contributed by atoms with Crippen molar-refractivity contribution in [2.24, 2.45) is 5.92 Å². The van der Waals surface area contributed by atoms with Crippen LogP contribution in [-0.2, 0) is 9.53 Å². The third-order valence-electron chi connectivity index (χ3n) is 7.16. The maximum absolute atomic E-state index is 13.3. The lowest BCUT2D eigenvalue weighted by atomic mass is 9.86. The van der Waals surface area contributed by atoms with E-state index < -0.39 is 0 Å². The summed E-state index contributed by atoms with van der Waals surface area (Å²) in [5, 5.41) is 0. The molecule has 0 N–H and O–H groups in total. The minimum atomic E-state index is 0.219. The van der Waals surface area contributed by atoms with Gasteiger partial charge in [-0.15, -0.1) is 0 Å². The maximum Gasteiger partial charge on any atom is 0.225 e. The normalized spacial score (nSPS) is 22.7. The molecule has 2 saturated heterocycles. The van der Waals surface area contributed by atoms with Crippen molar-refractivity contribution >= 4 is 11.9 Å². The minimum absolute atomic E-state index is 0.219. The van der Waals surface area contributed by atoms with E-state index in [-0.39, 0.29) is 11.8 Å². The second kappa shape index (κ2) is 9.94. The number of ether oxygens (including phenoxy) is 1. The predicted molar refractivity (Wildman–Crippen MR) is 123 cm³/mol. The van der Waals surface area contributed by atoms with E-state index in [1.54, 1.807) is 0 Å². The Morgan fingerprint density at radius 1 is 0.969 bits per heavy atom. The van der Waals surface area contributed by atoms with Crippen molar-refractivity contribution in [3.63, 3.8) is 0 Å². The molecule has 2 aromatic rings. The molecule has 32 heavy (non-hydrogen) atoms. The zero-order valence-electron chi connectivity index (χ0n) is 18.8. The van der Waals surface area contributed by atoms with Crippen molar-refractivity contribution in [2.45, 2.75) is 50.9 Å². The van der Waals surface area contributed by atoms with E-state index in [1.165, 1.54) is 19.3 Å². The molecular formula is C25H33N5O2. The van der Waals surface area contributed by atoms with Gasteiger partial charge in [-0.1, -0.05) is 19.3 Å². The largest absolute Gasteiger partial charge is 0.378 e. The van der Waals surface area contributed by atoms with Crippen LogP contribution in [0.2, 0.25) is 0 Å². The Labute approximate surface area is 190 Å². The first kappa shape index (κ1) is 21.3. The number of rotatable bonds is 4. The highest BCUT2D eigenvalue weighted by Crippen LogP contribution is 2.35. The first-order valence-corrected chi connectivity index (χ1v) is 12.2. The van der Waals surface area contributed by atoms with Gasteiger partial charge >= 0.3 is 0 Å². The van der Waals surface area contributed by atoms with Crippen LogP contribution in [0.15, 0.2) is 30.7 Å². The lowest BCUT2D eigenvalue weighted by Crippen LogP contribution is -2.43. The quantitative estimate of drug-likeness (QED) is 0.730. The molecule has 7 nitrogen and oxygen atoms in total. The second-order valence-corrected chi connectivity index (χ2v) is 9.26. The number of amides is 1. The number of nitrogens with zero attached hydrogens (tertiary/aromatic N) is 5. The molecule has 2 aromatic heterocycles. The number of morpholine rings is 1. The molecule has 1 saturated carbocycles. The van der Waals surface area contributed by atoms with E-state index in [4.69, 9.17) is 14.7 Å². The molecule has 1 unspecified atom stereocenters. The molecule has 1 amide bonds. The third-order valence-corrected chi connectivity index (χ3v) is 7.16. The average molecular weight is 436 g/mol. The van der Waals surface area contributed by atoms with E-state index in [9.17, 15) is 4.79 Å². The van der Waals surface area contributed by atoms with Crippen molar-refractivity contribution in [1.29, 1.82) is 0 Å². The fourth-order valence-electron chi connectivity index (χ4n) is 5.37. The summed E-state index contributed by atoms with van der Waals surface area (Å²) >= 11 is 0. The Kier molecular flexibility index (Phi) is 6.62. The van der Waals surface area contributed by atoms with Crippen LogP contribution in [0.4, 0.5) is 5.95 Å². The highest BCUT2D eigenvalue weighted by Gasteiger charge is 2.32. The molecule has 170 valence electrons. The number of carbonyl (C=O) groups excluding carboxylic acids is 1. The van der Waals surface area contributed by atoms with E-state index in [0.717, 1.165) is 74.6 Å². The molecule has 3 aliphatic rings. The van der Waals surface area contributed by atoms with Gasteiger partial charge in [0.1, 0.15) is 0 Å². The van der Waals surface area contributed by atoms with Gasteiger partial charge in [0.25, 0.3) is 0 Å². The number of piperidine rings is 1. The standard InChI is InChI=1S/C25H33N5O2/c31-24(20-5-2-1-3-6-20)30-12-4-7-21(18-30)23-22(19-8-10-26-11-9-19)17-27-25(28-23)29-13-15-32-16-14-29/h8-11,17,20-21H,1-7,12-16,18H2. The number of pyridine rings is 1. The smallest absolute Gasteiger partial charge is 0.225 e. The Morgan fingerprint density at radius 2 is 1.75 bits per heavy atom. The highest BCUT2D eigenvalue weighted by molar-refractivity contribution is 5.79. The van der Waals surface area contributed by atoms with Crippen molar-refractivity contribution < 1.29 is 9.53 Å². The second-order valence-electron chi connectivity index (χ2n) is 9.26. The molecule has 2 aliphatic heterocycles. The Hall–Kier alpha value is -2.54. The van der Waals surface area contributed by atoms with Crippen LogP contribution >= 0.6 is 0 Å². The number of aromatic nitrogens is 3. The summed E-state index contributed by atoms with van der Waals surface area (Å²) in [6.07, 6.45) is 13.4. The molecule has 0 bridgehead atoms. The summed E-state index contributed by atoms with van der Waals surface area (Å²) in [6.45, 7) is 4.66. The first-order valence-electron chi connectivity index (χ1n) is 12.2. The van der Waals surface area contributed by atoms with Gasteiger partial charge in [-0.05, 0) is 43.4 Å². The van der Waals surface area contributed by atoms with Crippen LogP contribution in [0.1, 0.15) is 56.6 Å². The third kappa shape index (κ3) is 4.63. The topological polar surface area (TPSA) is 71.5 Å². The van der Waals surface area contributed by atoms with Gasteiger partial charge in [0, 0.05) is 62.2 Å². The van der Waals surface area contributed by atoms with Crippen LogP contribution in [-0.4, -0.2) is 65.2 Å². The first-order chi connectivity index (χ1) is 15.8. The molecule has 3 fully saturated rings. The van der Waals surface area contributed by atoms with Crippen molar-refractivity contribution in [1.82, 2.24) is 19.9 Å². The maximum atomic E-state index is 13.3. The zero-order valence-corrected chi connectivity index (χ0v) is 18.8. The van der Waals surface area contributed by atoms with Gasteiger partial charge in [-0.3, -0.25) is 9.78 Å². The SMILES string of the molecule is O=C(C1CCCCC1)N1CCCC(c2nc(N3CCOCC3)ncc2-c2ccncc2)C1. The summed E-state index contributed by atoms with van der Waals surface area (Å²) in [5.41, 5.74) is 3.20. The molecule has 0 spiro atoms. The van der Waals surface area contributed by atoms with Crippen LogP contribution in [0.25, 0.3) is 11.1 Å². The van der Waals surface area contributed by atoms with Crippen molar-refractivity contribution in [3.05, 3.63) is 36.4 Å². The fraction of sp³-hybridized carbons (Fsp3) is 0.600. The predicted octanol–water partition coefficient (Wildman–Crippen LogP) is 3.66. The van der Waals surface area contributed by atoms with Crippen LogP contribution in [0.3, 0.4) is 0 Å². The molecule has 7 heteroatoms. The number of anilines is 1. The van der Waals surface area contributed by atoms with E-state index >= 15 is 0 Å². The Bertz CT molecular complexity index is 910. The van der Waals surface area contributed by atoms with Crippen LogP contribution in [0, 0.1) is 5.92 Å². The van der Waals surface area contributed by atoms with Gasteiger partial charge in [-0.25, -0.2) is 9.97 Å². The summed E-state index contributed by atoms with van der Waals surface area (Å²) in [4.78, 5) is 31.6. The van der Waals surface area contributed by atoms with E-state index in [2.05, 4.69) is 14.8 Å². The van der Waals surface area contributed by atoms with Gasteiger partial charge in [0.05, 0.1) is 18.9 Å². The monoisotopic (exact) mass is 435 g/mol. The minimum Gasteiger partial charge on any atom is -0.378 e. The van der Waals surface area contributed by atoms with Gasteiger partial charge in [0.15, 0.2) is 0 Å². The summed E-state index contributed by atoms with van der Waals surface area (Å²) in [6, 6.07) is 4.04. The van der Waals surface area contributed by atoms with E-state index in [1.807, 2.05) is 30.7 Å². The molecular weight excluding hydrogens is 402 g/mol. The summed E-state index contributed by atoms with van der Waals surface area (Å²) in [7, 11) is 0. The van der Waals surface area contributed by atoms with Crippen LogP contribution in [0.5, 0.6) is 0 Å². The summed E-state index contributed by atoms with van der Waals surface area (Å²) in [5.74, 6) is 1.58. The molecule has 0 radical (unpaired) electrons. The highest BCUT2D eigenvalue weighted by atomic mass is 16.5. The average Bonchev–Trinajstić information content (AvgIpc) is 2.89. The van der Waals surface area contributed by atoms with Gasteiger partial charge in [0.2, 0.25) is 11.9 Å². The summed E-state index contributed by atoms with van der Waals surface area (Å²) < 4.78 is 5.51. The zero-order chi connectivity index (χ0) is 21.8. The van der Waals surface area contributed by atoms with Gasteiger partial charge < -0.3 is 14.5 Å². The molecule has 1 atom stereocenters. The Morgan fingerprint density at radius 3 is 2.53 bits per heavy atom. The Balaban J connectivity index is 1.43. The molecule has 1 aliphatic carbocycles.